The molecule has 1 aliphatic heterocycles. The molecule has 1 N–H and O–H groups in total. The summed E-state index contributed by atoms with van der Waals surface area (Å²) in [6.45, 7) is 1.16. The average molecular weight is 558 g/mol. The first-order valence-electron chi connectivity index (χ1n) is 11.6. The van der Waals surface area contributed by atoms with Crippen LogP contribution in [0.3, 0.4) is 0 Å². The fourth-order valence-electron chi connectivity index (χ4n) is 4.16. The van der Waals surface area contributed by atoms with Crippen LogP contribution in [-0.4, -0.2) is 59.8 Å². The third kappa shape index (κ3) is 5.42. The minimum atomic E-state index is -3.96. The molecule has 0 bridgehead atoms. The van der Waals surface area contributed by atoms with Crippen LogP contribution >= 0.6 is 0 Å². The molecule has 0 aromatic heterocycles. The van der Waals surface area contributed by atoms with Gasteiger partial charge in [0.15, 0.2) is 6.61 Å². The Morgan fingerprint density at radius 1 is 0.947 bits per heavy atom. The Balaban J connectivity index is 1.44. The van der Waals surface area contributed by atoms with Crippen molar-refractivity contribution >= 4 is 43.3 Å². The van der Waals surface area contributed by atoms with E-state index in [2.05, 4.69) is 5.32 Å². The van der Waals surface area contributed by atoms with Crippen LogP contribution in [0.15, 0.2) is 82.6 Å². The van der Waals surface area contributed by atoms with Crippen molar-refractivity contribution in [3.63, 3.8) is 0 Å². The Morgan fingerprint density at radius 2 is 1.63 bits per heavy atom. The molecule has 200 valence electrons. The number of nitrogens with zero attached hydrogens (tertiary/aromatic N) is 2. The standard InChI is InChI=1S/C26H27N3O7S2/c1-18-14-19-8-4-5-13-24(19)29(18)38(34,35)22-11-6-9-20(15-22)26(31)36-17-25(30)27-21-10-7-12-23(16-21)37(32,33)28(2)3/h4-13,15-16,18H,14,17H2,1-3H3,(H,27,30)/t18-/m1/s1. The van der Waals surface area contributed by atoms with Gasteiger partial charge in [-0.15, -0.1) is 0 Å². The molecule has 0 unspecified atom stereocenters. The lowest BCUT2D eigenvalue weighted by molar-refractivity contribution is -0.119. The van der Waals surface area contributed by atoms with Crippen LogP contribution in [0.1, 0.15) is 22.8 Å². The van der Waals surface area contributed by atoms with Gasteiger partial charge in [0, 0.05) is 25.8 Å². The highest BCUT2D eigenvalue weighted by molar-refractivity contribution is 7.93. The number of sulfonamides is 2. The molecule has 4 rings (SSSR count). The quantitative estimate of drug-likeness (QED) is 0.422. The molecule has 12 heteroatoms. The van der Waals surface area contributed by atoms with Crippen molar-refractivity contribution in [3.8, 4) is 0 Å². The van der Waals surface area contributed by atoms with Gasteiger partial charge in [-0.25, -0.2) is 25.9 Å². The molecular weight excluding hydrogens is 530 g/mol. The highest BCUT2D eigenvalue weighted by Gasteiger charge is 2.36. The molecule has 38 heavy (non-hydrogen) atoms. The van der Waals surface area contributed by atoms with Crippen molar-refractivity contribution in [2.24, 2.45) is 0 Å². The molecule has 3 aromatic rings. The normalized spacial score (nSPS) is 15.3. The van der Waals surface area contributed by atoms with E-state index in [9.17, 15) is 26.4 Å². The molecule has 1 atom stereocenters. The fourth-order valence-corrected chi connectivity index (χ4v) is 6.84. The van der Waals surface area contributed by atoms with E-state index in [0.717, 1.165) is 9.87 Å². The number of fused-ring (bicyclic) bond motifs is 1. The number of amides is 1. The number of rotatable bonds is 8. The highest BCUT2D eigenvalue weighted by atomic mass is 32.2. The second kappa shape index (κ2) is 10.6. The van der Waals surface area contributed by atoms with E-state index in [1.54, 1.807) is 12.1 Å². The molecule has 0 saturated carbocycles. The fraction of sp³-hybridized carbons (Fsp3) is 0.231. The zero-order chi connectivity index (χ0) is 27.7. The molecule has 0 spiro atoms. The summed E-state index contributed by atoms with van der Waals surface area (Å²) < 4.78 is 59.0. The summed E-state index contributed by atoms with van der Waals surface area (Å²) >= 11 is 0. The van der Waals surface area contributed by atoms with Gasteiger partial charge in [0.05, 0.1) is 21.0 Å². The zero-order valence-electron chi connectivity index (χ0n) is 21.0. The highest BCUT2D eigenvalue weighted by Crippen LogP contribution is 2.36. The third-order valence-corrected chi connectivity index (χ3v) is 9.74. The number of anilines is 2. The van der Waals surface area contributed by atoms with Gasteiger partial charge in [0.2, 0.25) is 10.0 Å². The summed E-state index contributed by atoms with van der Waals surface area (Å²) in [6, 6.07) is 18.1. The van der Waals surface area contributed by atoms with Crippen LogP contribution in [0.2, 0.25) is 0 Å². The topological polar surface area (TPSA) is 130 Å². The van der Waals surface area contributed by atoms with Gasteiger partial charge in [-0.05, 0) is 61.4 Å². The number of carbonyl (C=O) groups is 2. The summed E-state index contributed by atoms with van der Waals surface area (Å²) in [7, 11) is -4.87. The van der Waals surface area contributed by atoms with E-state index in [0.29, 0.717) is 12.1 Å². The number of para-hydroxylation sites is 1. The summed E-state index contributed by atoms with van der Waals surface area (Å²) in [5.41, 5.74) is 1.71. The predicted octanol–water partition coefficient (Wildman–Crippen LogP) is 2.87. The molecule has 10 nitrogen and oxygen atoms in total. The summed E-state index contributed by atoms with van der Waals surface area (Å²) in [6.07, 6.45) is 0.580. The molecule has 0 radical (unpaired) electrons. The summed E-state index contributed by atoms with van der Waals surface area (Å²) in [4.78, 5) is 24.9. The SMILES string of the molecule is C[C@@H]1Cc2ccccc2N1S(=O)(=O)c1cccc(C(=O)OCC(=O)Nc2cccc(S(=O)(=O)N(C)C)c2)c1. The Bertz CT molecular complexity index is 1600. The number of esters is 1. The van der Waals surface area contributed by atoms with Gasteiger partial charge in [-0.2, -0.15) is 0 Å². The molecular formula is C26H27N3O7S2. The lowest BCUT2D eigenvalue weighted by Gasteiger charge is -2.24. The van der Waals surface area contributed by atoms with E-state index in [-0.39, 0.29) is 27.1 Å². The maximum atomic E-state index is 13.5. The molecule has 0 aliphatic carbocycles. The summed E-state index contributed by atoms with van der Waals surface area (Å²) in [5.74, 6) is -1.57. The summed E-state index contributed by atoms with van der Waals surface area (Å²) in [5, 5.41) is 2.49. The molecule has 1 amide bonds. The minimum absolute atomic E-state index is 0.00902. The number of nitrogens with one attached hydrogen (secondary N) is 1. The second-order valence-corrected chi connectivity index (χ2v) is 12.9. The van der Waals surface area contributed by atoms with Gasteiger partial charge in [0.1, 0.15) is 0 Å². The van der Waals surface area contributed by atoms with Crippen LogP contribution in [0.5, 0.6) is 0 Å². The van der Waals surface area contributed by atoms with E-state index >= 15 is 0 Å². The smallest absolute Gasteiger partial charge is 0.338 e. The zero-order valence-corrected chi connectivity index (χ0v) is 22.6. The van der Waals surface area contributed by atoms with Gasteiger partial charge in [-0.1, -0.05) is 30.3 Å². The van der Waals surface area contributed by atoms with Crippen molar-refractivity contribution in [2.75, 3.05) is 30.3 Å². The number of ether oxygens (including phenoxy) is 1. The maximum absolute atomic E-state index is 13.5. The van der Waals surface area contributed by atoms with Crippen molar-refractivity contribution in [1.82, 2.24) is 4.31 Å². The van der Waals surface area contributed by atoms with Crippen LogP contribution < -0.4 is 9.62 Å². The van der Waals surface area contributed by atoms with Crippen molar-refractivity contribution in [2.45, 2.75) is 29.2 Å². The molecule has 0 saturated heterocycles. The van der Waals surface area contributed by atoms with Crippen LogP contribution in [0.4, 0.5) is 11.4 Å². The Hall–Kier alpha value is -3.74. The Kier molecular flexibility index (Phi) is 7.58. The number of carbonyl (C=O) groups excluding carboxylic acids is 2. The number of hydrogen-bond donors (Lipinski definition) is 1. The minimum Gasteiger partial charge on any atom is -0.452 e. The number of benzene rings is 3. The second-order valence-electron chi connectivity index (χ2n) is 8.95. The van der Waals surface area contributed by atoms with E-state index in [4.69, 9.17) is 4.74 Å². The van der Waals surface area contributed by atoms with Crippen LogP contribution in [-0.2, 0) is 36.0 Å². The average Bonchev–Trinajstić information content (AvgIpc) is 3.23. The lowest BCUT2D eigenvalue weighted by atomic mass is 10.1. The lowest BCUT2D eigenvalue weighted by Crippen LogP contribution is -2.35. The first-order valence-corrected chi connectivity index (χ1v) is 14.5. The number of hydrogen-bond acceptors (Lipinski definition) is 7. The predicted molar refractivity (Wildman–Crippen MR) is 142 cm³/mol. The van der Waals surface area contributed by atoms with Gasteiger partial charge >= 0.3 is 5.97 Å². The Labute approximate surface area is 221 Å². The van der Waals surface area contributed by atoms with Crippen LogP contribution in [0, 0.1) is 0 Å². The largest absolute Gasteiger partial charge is 0.452 e. The third-order valence-electron chi connectivity index (χ3n) is 6.00. The van der Waals surface area contributed by atoms with Gasteiger partial charge in [0.25, 0.3) is 15.9 Å². The van der Waals surface area contributed by atoms with Gasteiger partial charge < -0.3 is 10.1 Å². The van der Waals surface area contributed by atoms with E-state index in [1.165, 1.54) is 66.9 Å². The van der Waals surface area contributed by atoms with E-state index < -0.39 is 38.5 Å². The first kappa shape index (κ1) is 27.3. The molecule has 0 fully saturated rings. The monoisotopic (exact) mass is 557 g/mol. The van der Waals surface area contributed by atoms with Crippen molar-refractivity contribution in [3.05, 3.63) is 83.9 Å². The van der Waals surface area contributed by atoms with Crippen LogP contribution in [0.25, 0.3) is 0 Å². The van der Waals surface area contributed by atoms with Crippen molar-refractivity contribution < 1.29 is 31.2 Å². The molecule has 1 heterocycles. The van der Waals surface area contributed by atoms with Gasteiger partial charge in [-0.3, -0.25) is 9.10 Å². The molecule has 3 aromatic carbocycles. The Morgan fingerprint density at radius 3 is 2.37 bits per heavy atom. The van der Waals surface area contributed by atoms with Crippen molar-refractivity contribution in [1.29, 1.82) is 0 Å². The van der Waals surface area contributed by atoms with E-state index in [1.807, 2.05) is 19.1 Å². The molecule has 1 aliphatic rings. The maximum Gasteiger partial charge on any atom is 0.338 e. The first-order chi connectivity index (χ1) is 17.9.